The molecule has 1 aromatic heterocycles. The molecule has 2 aromatic carbocycles. The van der Waals surface area contributed by atoms with Crippen LogP contribution in [0.5, 0.6) is 11.5 Å². The number of fused-ring (bicyclic) bond motifs is 2. The lowest BCUT2D eigenvalue weighted by molar-refractivity contribution is -0.149. The third-order valence-corrected chi connectivity index (χ3v) is 8.64. The van der Waals surface area contributed by atoms with Crippen molar-refractivity contribution in [1.82, 2.24) is 9.88 Å². The van der Waals surface area contributed by atoms with E-state index in [1.165, 1.54) is 31.4 Å². The molecule has 1 fully saturated rings. The van der Waals surface area contributed by atoms with Crippen LogP contribution in [0.3, 0.4) is 0 Å². The van der Waals surface area contributed by atoms with Crippen molar-refractivity contribution in [3.05, 3.63) is 68.4 Å². The standard InChI is InChI=1S/C25H20FN3O8S2/c1-36-15-8-11(2-7-14(15)37-10-16(30)27-13-5-3-12(26)4-6-13)18-19-21(38-22-20(18)39-25(35)28-22)24(34)29(23(19)33)9-17(31)32/h2-8,18-19,21H,9-10H2,1H3,(H,27,30)(H,28,35)(H,31,32)/t18-,19+,21-/m0/s1. The SMILES string of the molecule is COc1cc([C@@H]2c3sc(=O)[nH]c3S[C@@H]3C(=O)N(CC(=O)O)C(=O)[C@H]23)ccc1OCC(=O)Nc1ccc(F)cc1. The topological polar surface area (TPSA) is 155 Å². The Morgan fingerprint density at radius 3 is 2.54 bits per heavy atom. The maximum absolute atomic E-state index is 13.3. The van der Waals surface area contributed by atoms with Gasteiger partial charge in [-0.05, 0) is 42.0 Å². The highest BCUT2D eigenvalue weighted by Crippen LogP contribution is 2.53. The Kier molecular flexibility index (Phi) is 7.14. The van der Waals surface area contributed by atoms with Crippen molar-refractivity contribution in [2.45, 2.75) is 16.2 Å². The quantitative estimate of drug-likeness (QED) is 0.344. The fraction of sp³-hybridized carbons (Fsp3) is 0.240. The lowest BCUT2D eigenvalue weighted by atomic mass is 9.83. The molecule has 3 atom stereocenters. The molecule has 1 saturated heterocycles. The Hall–Kier alpha value is -4.17. The number of aromatic amines is 1. The van der Waals surface area contributed by atoms with Gasteiger partial charge in [0.05, 0.1) is 18.1 Å². The summed E-state index contributed by atoms with van der Waals surface area (Å²) in [5.74, 6) is -4.70. The number of amides is 3. The minimum Gasteiger partial charge on any atom is -0.493 e. The molecule has 0 saturated carbocycles. The van der Waals surface area contributed by atoms with Crippen molar-refractivity contribution >= 4 is 52.5 Å². The number of hydrogen-bond donors (Lipinski definition) is 3. The number of carbonyl (C=O) groups excluding carboxylic acids is 3. The van der Waals surface area contributed by atoms with Crippen LogP contribution < -0.4 is 19.7 Å². The average Bonchev–Trinajstić information content (AvgIpc) is 3.39. The second kappa shape index (κ2) is 10.5. The fourth-order valence-electron chi connectivity index (χ4n) is 4.59. The molecule has 0 unspecified atom stereocenters. The molecule has 2 aliphatic heterocycles. The molecule has 0 aliphatic carbocycles. The molecule has 202 valence electrons. The Labute approximate surface area is 227 Å². The minimum absolute atomic E-state index is 0.223. The molecule has 3 aromatic rings. The van der Waals surface area contributed by atoms with Crippen molar-refractivity contribution in [1.29, 1.82) is 0 Å². The van der Waals surface area contributed by atoms with Crippen LogP contribution in [0.4, 0.5) is 10.1 Å². The number of aliphatic carboxylic acids is 1. The van der Waals surface area contributed by atoms with Crippen LogP contribution in [-0.4, -0.2) is 64.2 Å². The van der Waals surface area contributed by atoms with E-state index in [1.807, 2.05) is 0 Å². The number of anilines is 1. The molecule has 2 aliphatic rings. The number of ether oxygens (including phenoxy) is 2. The summed E-state index contributed by atoms with van der Waals surface area (Å²) in [5, 5.41) is 11.3. The number of nitrogens with one attached hydrogen (secondary N) is 2. The summed E-state index contributed by atoms with van der Waals surface area (Å²) < 4.78 is 24.2. The number of benzene rings is 2. The summed E-state index contributed by atoms with van der Waals surface area (Å²) in [6.07, 6.45) is 0. The van der Waals surface area contributed by atoms with Gasteiger partial charge in [0.15, 0.2) is 18.1 Å². The highest BCUT2D eigenvalue weighted by atomic mass is 32.2. The summed E-state index contributed by atoms with van der Waals surface area (Å²) >= 11 is 1.96. The zero-order valence-corrected chi connectivity index (χ0v) is 21.8. The van der Waals surface area contributed by atoms with Gasteiger partial charge >= 0.3 is 10.8 Å². The fourth-order valence-corrected chi connectivity index (χ4v) is 7.13. The summed E-state index contributed by atoms with van der Waals surface area (Å²) in [7, 11) is 1.39. The van der Waals surface area contributed by atoms with Crippen molar-refractivity contribution in [2.24, 2.45) is 5.92 Å². The van der Waals surface area contributed by atoms with Crippen molar-refractivity contribution in [3.63, 3.8) is 0 Å². The first-order chi connectivity index (χ1) is 18.7. The van der Waals surface area contributed by atoms with Crippen LogP contribution in [0, 0.1) is 11.7 Å². The van der Waals surface area contributed by atoms with Crippen LogP contribution in [-0.2, 0) is 19.2 Å². The molecule has 5 rings (SSSR count). The van der Waals surface area contributed by atoms with Crippen molar-refractivity contribution in [3.8, 4) is 11.5 Å². The number of aromatic nitrogens is 1. The number of hydrogen-bond acceptors (Lipinski definition) is 9. The Bertz CT molecular complexity index is 1540. The highest BCUT2D eigenvalue weighted by molar-refractivity contribution is 8.00. The van der Waals surface area contributed by atoms with E-state index < -0.39 is 53.1 Å². The van der Waals surface area contributed by atoms with Gasteiger partial charge in [0, 0.05) is 16.5 Å². The Morgan fingerprint density at radius 1 is 1.10 bits per heavy atom. The Balaban J connectivity index is 1.42. The lowest BCUT2D eigenvalue weighted by Crippen LogP contribution is -2.36. The number of thioether (sulfide) groups is 1. The van der Waals surface area contributed by atoms with Crippen LogP contribution >= 0.6 is 23.1 Å². The number of likely N-dealkylation sites (tertiary alicyclic amines) is 1. The minimum atomic E-state index is -1.31. The van der Waals surface area contributed by atoms with Crippen LogP contribution in [0.25, 0.3) is 0 Å². The predicted molar refractivity (Wildman–Crippen MR) is 138 cm³/mol. The van der Waals surface area contributed by atoms with Gasteiger partial charge in [-0.1, -0.05) is 29.2 Å². The van der Waals surface area contributed by atoms with Gasteiger partial charge in [0.1, 0.15) is 17.6 Å². The number of rotatable bonds is 8. The molecule has 3 amide bonds. The lowest BCUT2D eigenvalue weighted by Gasteiger charge is -2.30. The van der Waals surface area contributed by atoms with Gasteiger partial charge in [-0.25, -0.2) is 4.39 Å². The molecule has 39 heavy (non-hydrogen) atoms. The van der Waals surface area contributed by atoms with Crippen molar-refractivity contribution in [2.75, 3.05) is 25.6 Å². The zero-order chi connectivity index (χ0) is 27.8. The van der Waals surface area contributed by atoms with Crippen LogP contribution in [0.1, 0.15) is 16.4 Å². The summed E-state index contributed by atoms with van der Waals surface area (Å²) in [6, 6.07) is 10.0. The average molecular weight is 574 g/mol. The second-order valence-electron chi connectivity index (χ2n) is 8.66. The van der Waals surface area contributed by atoms with E-state index in [0.717, 1.165) is 28.0 Å². The van der Waals surface area contributed by atoms with E-state index in [4.69, 9.17) is 9.47 Å². The van der Waals surface area contributed by atoms with Crippen LogP contribution in [0.2, 0.25) is 0 Å². The van der Waals surface area contributed by atoms with E-state index in [-0.39, 0.29) is 23.0 Å². The van der Waals surface area contributed by atoms with E-state index in [1.54, 1.807) is 18.2 Å². The molecule has 14 heteroatoms. The van der Waals surface area contributed by atoms with Crippen LogP contribution in [0.15, 0.2) is 52.3 Å². The largest absolute Gasteiger partial charge is 0.493 e. The van der Waals surface area contributed by atoms with Crippen molar-refractivity contribution < 1.29 is 38.1 Å². The number of methoxy groups -OCH3 is 1. The summed E-state index contributed by atoms with van der Waals surface area (Å²) in [5.41, 5.74) is 0.936. The first-order valence-electron chi connectivity index (χ1n) is 11.5. The summed E-state index contributed by atoms with van der Waals surface area (Å²) in [6.45, 7) is -1.13. The number of carboxylic acids is 1. The highest BCUT2D eigenvalue weighted by Gasteiger charge is 2.56. The summed E-state index contributed by atoms with van der Waals surface area (Å²) in [4.78, 5) is 65.7. The number of H-pyrrole nitrogens is 1. The molecule has 3 N–H and O–H groups in total. The van der Waals surface area contributed by atoms with Gasteiger partial charge in [-0.15, -0.1) is 0 Å². The number of carboxylic acid groups (broad SMARTS) is 1. The third-order valence-electron chi connectivity index (χ3n) is 6.24. The van der Waals surface area contributed by atoms with Gasteiger partial charge in [-0.3, -0.25) is 28.9 Å². The van der Waals surface area contributed by atoms with Gasteiger partial charge in [-0.2, -0.15) is 0 Å². The van der Waals surface area contributed by atoms with E-state index in [2.05, 4.69) is 10.3 Å². The smallest absolute Gasteiger partial charge is 0.323 e. The van der Waals surface area contributed by atoms with E-state index in [0.29, 0.717) is 21.2 Å². The molecular weight excluding hydrogens is 553 g/mol. The number of halogens is 1. The second-order valence-corrected chi connectivity index (χ2v) is 10.8. The maximum Gasteiger partial charge on any atom is 0.323 e. The number of nitrogens with zero attached hydrogens (tertiary/aromatic N) is 1. The monoisotopic (exact) mass is 573 g/mol. The first kappa shape index (κ1) is 26.4. The van der Waals surface area contributed by atoms with Gasteiger partial charge in [0.2, 0.25) is 11.8 Å². The number of imide groups is 1. The van der Waals surface area contributed by atoms with Gasteiger partial charge < -0.3 is 24.9 Å². The molecular formula is C25H20FN3O8S2. The predicted octanol–water partition coefficient (Wildman–Crippen LogP) is 2.28. The molecule has 0 spiro atoms. The normalized spacial score (nSPS) is 19.8. The molecule has 3 heterocycles. The number of thiazole rings is 1. The van der Waals surface area contributed by atoms with Gasteiger partial charge in [0.25, 0.3) is 5.91 Å². The first-order valence-corrected chi connectivity index (χ1v) is 13.2. The molecule has 11 nitrogen and oxygen atoms in total. The van der Waals surface area contributed by atoms with E-state index in [9.17, 15) is 33.5 Å². The number of carbonyl (C=O) groups is 4. The Morgan fingerprint density at radius 2 is 1.85 bits per heavy atom. The molecule has 0 bridgehead atoms. The maximum atomic E-state index is 13.3. The third kappa shape index (κ3) is 5.12. The molecule has 0 radical (unpaired) electrons. The zero-order valence-electron chi connectivity index (χ0n) is 20.1. The van der Waals surface area contributed by atoms with E-state index >= 15 is 0 Å².